The van der Waals surface area contributed by atoms with Gasteiger partial charge in [0.15, 0.2) is 0 Å². The topological polar surface area (TPSA) is 61.6 Å². The Bertz CT molecular complexity index is 792. The van der Waals surface area contributed by atoms with E-state index < -0.39 is 6.55 Å². The van der Waals surface area contributed by atoms with Gasteiger partial charge in [0.05, 0.1) is 5.69 Å². The van der Waals surface area contributed by atoms with Crippen LogP contribution in [0.4, 0.5) is 8.78 Å². The third-order valence-corrected chi connectivity index (χ3v) is 5.09. The Morgan fingerprint density at radius 2 is 2.00 bits per heavy atom. The highest BCUT2D eigenvalue weighted by atomic mass is 19.3. The second-order valence-corrected chi connectivity index (χ2v) is 6.86. The van der Waals surface area contributed by atoms with Gasteiger partial charge in [-0.3, -0.25) is 9.69 Å². The highest BCUT2D eigenvalue weighted by molar-refractivity contribution is 5.94. The number of aliphatic hydroxyl groups excluding tert-OH is 1. The Morgan fingerprint density at radius 1 is 1.30 bits per heavy atom. The van der Waals surface area contributed by atoms with Gasteiger partial charge in [-0.2, -0.15) is 13.9 Å². The number of halogens is 2. The number of aliphatic hydroxyl groups is 1. The Balaban J connectivity index is 1.74. The third kappa shape index (κ3) is 4.17. The molecule has 1 saturated heterocycles. The zero-order valence-corrected chi connectivity index (χ0v) is 15.5. The molecule has 1 aliphatic rings. The van der Waals surface area contributed by atoms with E-state index in [1.807, 2.05) is 7.05 Å². The molecule has 1 N–H and O–H groups in total. The molecule has 2 heterocycles. The highest BCUT2D eigenvalue weighted by Gasteiger charge is 2.27. The van der Waals surface area contributed by atoms with Crippen LogP contribution in [0.5, 0.6) is 0 Å². The van der Waals surface area contributed by atoms with Gasteiger partial charge in [-0.1, -0.05) is 12.1 Å². The van der Waals surface area contributed by atoms with Gasteiger partial charge < -0.3 is 10.0 Å². The van der Waals surface area contributed by atoms with Gasteiger partial charge in [0, 0.05) is 49.6 Å². The maximum atomic E-state index is 12.8. The number of piperazine rings is 1. The van der Waals surface area contributed by atoms with E-state index in [4.69, 9.17) is 0 Å². The van der Waals surface area contributed by atoms with Crippen molar-refractivity contribution < 1.29 is 18.7 Å². The van der Waals surface area contributed by atoms with E-state index >= 15 is 0 Å². The Kier molecular flexibility index (Phi) is 5.86. The van der Waals surface area contributed by atoms with Crippen molar-refractivity contribution in [1.29, 1.82) is 0 Å². The summed E-state index contributed by atoms with van der Waals surface area (Å²) in [5, 5.41) is 13.0. The van der Waals surface area contributed by atoms with Crippen LogP contribution in [-0.2, 0) is 0 Å². The van der Waals surface area contributed by atoms with Crippen LogP contribution in [0.1, 0.15) is 29.0 Å². The van der Waals surface area contributed by atoms with E-state index in [0.29, 0.717) is 41.0 Å². The van der Waals surface area contributed by atoms with Crippen molar-refractivity contribution in [2.45, 2.75) is 25.9 Å². The number of aromatic nitrogens is 2. The number of rotatable bonds is 5. The molecule has 1 unspecified atom stereocenters. The van der Waals surface area contributed by atoms with E-state index in [1.54, 1.807) is 36.1 Å². The summed E-state index contributed by atoms with van der Waals surface area (Å²) in [4.78, 5) is 16.8. The lowest BCUT2D eigenvalue weighted by Gasteiger charge is -2.39. The third-order valence-electron chi connectivity index (χ3n) is 5.09. The van der Waals surface area contributed by atoms with E-state index in [9.17, 15) is 18.7 Å². The van der Waals surface area contributed by atoms with Crippen LogP contribution < -0.4 is 0 Å². The van der Waals surface area contributed by atoms with Crippen LogP contribution in [0.3, 0.4) is 0 Å². The van der Waals surface area contributed by atoms with Crippen molar-refractivity contribution in [3.05, 3.63) is 41.7 Å². The number of nitrogens with zero attached hydrogens (tertiary/aromatic N) is 4. The van der Waals surface area contributed by atoms with E-state index in [2.05, 4.69) is 10.00 Å². The molecule has 1 amide bonds. The lowest BCUT2D eigenvalue weighted by atomic mass is 10.0. The molecule has 2 aromatic rings. The molecule has 0 saturated carbocycles. The molecular formula is C19H24F2N4O2. The summed E-state index contributed by atoms with van der Waals surface area (Å²) in [7, 11) is 2.00. The smallest absolute Gasteiger partial charge is 0.333 e. The van der Waals surface area contributed by atoms with Crippen molar-refractivity contribution >= 4 is 5.91 Å². The zero-order valence-electron chi connectivity index (χ0n) is 15.5. The number of carbonyl (C=O) groups excluding carboxylic acids is 1. The Hall–Kier alpha value is -2.32. The van der Waals surface area contributed by atoms with Gasteiger partial charge in [0.25, 0.3) is 5.91 Å². The zero-order chi connectivity index (χ0) is 19.6. The minimum absolute atomic E-state index is 0.0578. The summed E-state index contributed by atoms with van der Waals surface area (Å²) in [6.45, 7) is 1.08. The number of benzene rings is 1. The number of hydrogen-bond acceptors (Lipinski definition) is 4. The lowest BCUT2D eigenvalue weighted by molar-refractivity contribution is 0.0500. The summed E-state index contributed by atoms with van der Waals surface area (Å²) in [5.41, 5.74) is 2.44. The van der Waals surface area contributed by atoms with Crippen molar-refractivity contribution in [2.24, 2.45) is 0 Å². The largest absolute Gasteiger partial charge is 0.396 e. The van der Waals surface area contributed by atoms with Crippen LogP contribution in [0.2, 0.25) is 0 Å². The fraction of sp³-hybridized carbons (Fsp3) is 0.474. The molecule has 1 aromatic heterocycles. The molecule has 0 bridgehead atoms. The van der Waals surface area contributed by atoms with Gasteiger partial charge >= 0.3 is 6.55 Å². The molecule has 1 fully saturated rings. The molecular weight excluding hydrogens is 354 g/mol. The Labute approximate surface area is 157 Å². The molecule has 27 heavy (non-hydrogen) atoms. The molecule has 1 atom stereocenters. The predicted octanol–water partition coefficient (Wildman–Crippen LogP) is 2.39. The number of aryl methyl sites for hydroxylation is 1. The Morgan fingerprint density at radius 3 is 2.59 bits per heavy atom. The maximum Gasteiger partial charge on any atom is 0.333 e. The van der Waals surface area contributed by atoms with Gasteiger partial charge in [-0.25, -0.2) is 4.68 Å². The summed E-state index contributed by atoms with van der Waals surface area (Å²) < 4.78 is 26.2. The fourth-order valence-corrected chi connectivity index (χ4v) is 3.43. The first-order chi connectivity index (χ1) is 12.9. The van der Waals surface area contributed by atoms with Crippen LogP contribution in [0, 0.1) is 6.92 Å². The molecule has 0 radical (unpaired) electrons. The molecule has 0 spiro atoms. The second-order valence-electron chi connectivity index (χ2n) is 6.86. The van der Waals surface area contributed by atoms with Crippen LogP contribution in [0.15, 0.2) is 30.5 Å². The number of carbonyl (C=O) groups is 1. The summed E-state index contributed by atoms with van der Waals surface area (Å²) in [6, 6.07) is 7.10. The first kappa shape index (κ1) is 19.4. The quantitative estimate of drug-likeness (QED) is 0.868. The van der Waals surface area contributed by atoms with Crippen LogP contribution >= 0.6 is 0 Å². The first-order valence-corrected chi connectivity index (χ1v) is 8.95. The molecule has 1 aromatic carbocycles. The highest BCUT2D eigenvalue weighted by Crippen LogP contribution is 2.25. The minimum atomic E-state index is -2.68. The molecule has 146 valence electrons. The molecule has 0 aliphatic carbocycles. The van der Waals surface area contributed by atoms with Crippen LogP contribution in [-0.4, -0.2) is 69.9 Å². The predicted molar refractivity (Wildman–Crippen MR) is 97.7 cm³/mol. The molecule has 1 aliphatic heterocycles. The average Bonchev–Trinajstić information content (AvgIpc) is 3.05. The lowest BCUT2D eigenvalue weighted by Crippen LogP contribution is -2.53. The van der Waals surface area contributed by atoms with E-state index in [1.165, 1.54) is 6.20 Å². The first-order valence-electron chi connectivity index (χ1n) is 8.95. The monoisotopic (exact) mass is 378 g/mol. The second kappa shape index (κ2) is 8.14. The average molecular weight is 378 g/mol. The standard InChI is InChI=1S/C19H24F2N4O2/c1-13-17(12-25(22-13)19(20)21)14-3-5-15(6-4-14)18(27)24-9-8-23(2)16(11-24)7-10-26/h3-6,12,16,19,26H,7-11H2,1-2H3. The van der Waals surface area contributed by atoms with Crippen molar-refractivity contribution in [2.75, 3.05) is 33.3 Å². The molecule has 6 nitrogen and oxygen atoms in total. The summed E-state index contributed by atoms with van der Waals surface area (Å²) in [6.07, 6.45) is 1.95. The summed E-state index contributed by atoms with van der Waals surface area (Å²) >= 11 is 0. The SMILES string of the molecule is Cc1nn(C(F)F)cc1-c1ccc(C(=O)N2CCN(C)C(CCO)C2)cc1. The van der Waals surface area contributed by atoms with Gasteiger partial charge in [0.2, 0.25) is 0 Å². The van der Waals surface area contributed by atoms with Crippen molar-refractivity contribution in [3.63, 3.8) is 0 Å². The molecule has 3 rings (SSSR count). The van der Waals surface area contributed by atoms with E-state index in [0.717, 1.165) is 12.1 Å². The van der Waals surface area contributed by atoms with E-state index in [-0.39, 0.29) is 18.6 Å². The number of hydrogen-bond donors (Lipinski definition) is 1. The van der Waals surface area contributed by atoms with Crippen LogP contribution in [0.25, 0.3) is 11.1 Å². The van der Waals surface area contributed by atoms with Gasteiger partial charge in [0.1, 0.15) is 0 Å². The number of alkyl halides is 2. The van der Waals surface area contributed by atoms with Gasteiger partial charge in [-0.15, -0.1) is 0 Å². The number of amides is 1. The summed E-state index contributed by atoms with van der Waals surface area (Å²) in [5.74, 6) is -0.0578. The molecule has 8 heteroatoms. The fourth-order valence-electron chi connectivity index (χ4n) is 3.43. The van der Waals surface area contributed by atoms with Crippen molar-refractivity contribution in [3.8, 4) is 11.1 Å². The maximum absolute atomic E-state index is 12.8. The normalized spacial score (nSPS) is 18.3. The minimum Gasteiger partial charge on any atom is -0.396 e. The van der Waals surface area contributed by atoms with Crippen molar-refractivity contribution in [1.82, 2.24) is 19.6 Å². The van der Waals surface area contributed by atoms with Gasteiger partial charge in [-0.05, 0) is 38.1 Å². The number of likely N-dealkylation sites (N-methyl/N-ethyl adjacent to an activating group) is 1.